The molecule has 3 aromatic rings. The summed E-state index contributed by atoms with van der Waals surface area (Å²) in [5.41, 5.74) is 2.45. The van der Waals surface area contributed by atoms with Crippen LogP contribution in [-0.2, 0) is 0 Å². The molecule has 3 aliphatic rings. The maximum Gasteiger partial charge on any atom is 0.261 e. The highest BCUT2D eigenvalue weighted by Gasteiger charge is 2.37. The number of fused-ring (bicyclic) bond motifs is 3. The minimum atomic E-state index is -0.302. The number of nitrogens with zero attached hydrogens (tertiary/aromatic N) is 4. The molecule has 0 N–H and O–H groups in total. The highest BCUT2D eigenvalue weighted by molar-refractivity contribution is 6.22. The van der Waals surface area contributed by atoms with Crippen molar-refractivity contribution >= 4 is 35.4 Å². The molecule has 0 unspecified atom stereocenters. The van der Waals surface area contributed by atoms with Crippen molar-refractivity contribution in [2.75, 3.05) is 39.3 Å². The van der Waals surface area contributed by atoms with Crippen LogP contribution in [0.2, 0.25) is 0 Å². The van der Waals surface area contributed by atoms with Crippen LogP contribution in [0.25, 0.3) is 0 Å². The summed E-state index contributed by atoms with van der Waals surface area (Å²) in [5, 5.41) is 0. The second-order valence-electron chi connectivity index (χ2n) is 10.8. The second-order valence-corrected chi connectivity index (χ2v) is 10.8. The molecule has 0 aromatic heterocycles. The number of carbonyl (C=O) groups is 6. The van der Waals surface area contributed by atoms with E-state index in [9.17, 15) is 28.8 Å². The van der Waals surface area contributed by atoms with Crippen molar-refractivity contribution in [3.05, 3.63) is 106 Å². The maximum atomic E-state index is 12.8. The Hall–Kier alpha value is -4.96. The van der Waals surface area contributed by atoms with E-state index in [1.54, 1.807) is 72.8 Å². The number of imide groups is 3. The molecule has 218 valence electrons. The molecule has 3 aliphatic heterocycles. The molecule has 3 aromatic carbocycles. The van der Waals surface area contributed by atoms with E-state index in [0.717, 1.165) is 0 Å². The van der Waals surface area contributed by atoms with Crippen molar-refractivity contribution in [2.24, 2.45) is 0 Å². The van der Waals surface area contributed by atoms with Crippen LogP contribution in [0.4, 0.5) is 0 Å². The molecule has 0 saturated heterocycles. The van der Waals surface area contributed by atoms with E-state index in [1.165, 1.54) is 14.7 Å². The van der Waals surface area contributed by atoms with Gasteiger partial charge < -0.3 is 4.90 Å². The largest absolute Gasteiger partial charge is 0.303 e. The van der Waals surface area contributed by atoms with E-state index in [0.29, 0.717) is 72.3 Å². The summed E-state index contributed by atoms with van der Waals surface area (Å²) in [6.07, 6.45) is 1.56. The van der Waals surface area contributed by atoms with Gasteiger partial charge in [0.15, 0.2) is 0 Å². The molecule has 6 rings (SSSR count). The number of hydrogen-bond donors (Lipinski definition) is 0. The predicted octanol–water partition coefficient (Wildman–Crippen LogP) is 3.35. The van der Waals surface area contributed by atoms with Crippen LogP contribution in [0, 0.1) is 0 Å². The fourth-order valence-electron chi connectivity index (χ4n) is 6.02. The van der Waals surface area contributed by atoms with Gasteiger partial charge in [0.1, 0.15) is 0 Å². The first-order valence-corrected chi connectivity index (χ1v) is 14.4. The Morgan fingerprint density at radius 2 is 0.581 bits per heavy atom. The lowest BCUT2D eigenvalue weighted by Gasteiger charge is -2.25. The van der Waals surface area contributed by atoms with Crippen molar-refractivity contribution in [3.8, 4) is 0 Å². The van der Waals surface area contributed by atoms with E-state index in [1.807, 2.05) is 0 Å². The average molecular weight is 579 g/mol. The molecule has 10 nitrogen and oxygen atoms in total. The summed E-state index contributed by atoms with van der Waals surface area (Å²) in [4.78, 5) is 82.6. The number of hydrogen-bond acceptors (Lipinski definition) is 7. The number of carbonyl (C=O) groups excluding carboxylic acids is 6. The summed E-state index contributed by atoms with van der Waals surface area (Å²) < 4.78 is 0. The van der Waals surface area contributed by atoms with E-state index < -0.39 is 0 Å². The van der Waals surface area contributed by atoms with Crippen molar-refractivity contribution in [2.45, 2.75) is 19.3 Å². The van der Waals surface area contributed by atoms with Crippen LogP contribution >= 0.6 is 0 Å². The zero-order chi connectivity index (χ0) is 30.1. The van der Waals surface area contributed by atoms with Gasteiger partial charge in [0, 0.05) is 19.6 Å². The molecule has 0 aliphatic carbocycles. The number of benzene rings is 3. The quantitative estimate of drug-likeness (QED) is 0.303. The first kappa shape index (κ1) is 28.2. The van der Waals surface area contributed by atoms with Crippen molar-refractivity contribution in [3.63, 3.8) is 0 Å². The van der Waals surface area contributed by atoms with Gasteiger partial charge in [-0.25, -0.2) is 0 Å². The highest BCUT2D eigenvalue weighted by Crippen LogP contribution is 2.25. The number of rotatable bonds is 12. The monoisotopic (exact) mass is 578 g/mol. The lowest BCUT2D eigenvalue weighted by molar-refractivity contribution is 0.0640. The summed E-state index contributed by atoms with van der Waals surface area (Å²) in [6, 6.07) is 20.3. The van der Waals surface area contributed by atoms with Gasteiger partial charge in [-0.3, -0.25) is 43.5 Å². The van der Waals surface area contributed by atoms with Gasteiger partial charge >= 0.3 is 0 Å². The summed E-state index contributed by atoms with van der Waals surface area (Å²) in [6.45, 7) is 2.37. The van der Waals surface area contributed by atoms with Gasteiger partial charge in [-0.1, -0.05) is 36.4 Å². The standard InChI is InChI=1S/C33H30N4O6/c38-28-22-10-1-2-11-23(22)29(39)35(28)19-7-16-34(17-8-20-36-30(40)24-12-3-4-13-25(24)31(36)41)18-9-21-37-32(42)26-14-5-6-15-27(26)33(37)43/h1-6,10-15H,7-9,16-21H2. The van der Waals surface area contributed by atoms with Crippen LogP contribution in [0.3, 0.4) is 0 Å². The Labute approximate surface area is 248 Å². The second kappa shape index (κ2) is 11.7. The molecule has 10 heteroatoms. The van der Waals surface area contributed by atoms with Gasteiger partial charge in [0.2, 0.25) is 0 Å². The molecule has 43 heavy (non-hydrogen) atoms. The Morgan fingerprint density at radius 1 is 0.372 bits per heavy atom. The molecular formula is C33H30N4O6. The SMILES string of the molecule is O=C1c2ccccc2C(=O)N1CCCN(CCCN1C(=O)c2ccccc2C1=O)CCCN1C(=O)c2ccccc2C1=O. The third-order valence-corrected chi connectivity index (χ3v) is 8.20. The molecule has 0 radical (unpaired) electrons. The Morgan fingerprint density at radius 3 is 0.791 bits per heavy atom. The molecule has 0 bridgehead atoms. The van der Waals surface area contributed by atoms with Gasteiger partial charge in [-0.15, -0.1) is 0 Å². The third kappa shape index (κ3) is 5.14. The first-order chi connectivity index (χ1) is 20.9. The molecule has 0 saturated carbocycles. The van der Waals surface area contributed by atoms with E-state index in [-0.39, 0.29) is 55.1 Å². The summed E-state index contributed by atoms with van der Waals surface area (Å²) in [7, 11) is 0. The van der Waals surface area contributed by atoms with Crippen LogP contribution in [0.5, 0.6) is 0 Å². The van der Waals surface area contributed by atoms with E-state index >= 15 is 0 Å². The third-order valence-electron chi connectivity index (χ3n) is 8.20. The molecule has 0 spiro atoms. The van der Waals surface area contributed by atoms with E-state index in [4.69, 9.17) is 0 Å². The predicted molar refractivity (Wildman–Crippen MR) is 156 cm³/mol. The minimum Gasteiger partial charge on any atom is -0.303 e. The fourth-order valence-corrected chi connectivity index (χ4v) is 6.02. The zero-order valence-electron chi connectivity index (χ0n) is 23.5. The van der Waals surface area contributed by atoms with Crippen molar-refractivity contribution in [1.82, 2.24) is 19.6 Å². The molecule has 6 amide bonds. The Bertz CT molecular complexity index is 1370. The van der Waals surface area contributed by atoms with Crippen LogP contribution in [0.15, 0.2) is 72.8 Å². The summed E-state index contributed by atoms with van der Waals surface area (Å²) in [5.74, 6) is -1.81. The highest BCUT2D eigenvalue weighted by atomic mass is 16.2. The fraction of sp³-hybridized carbons (Fsp3) is 0.273. The molecule has 0 atom stereocenters. The molecule has 3 heterocycles. The topological polar surface area (TPSA) is 115 Å². The zero-order valence-corrected chi connectivity index (χ0v) is 23.5. The smallest absolute Gasteiger partial charge is 0.261 e. The van der Waals surface area contributed by atoms with Gasteiger partial charge in [0.25, 0.3) is 35.4 Å². The van der Waals surface area contributed by atoms with Crippen molar-refractivity contribution < 1.29 is 28.8 Å². The number of amides is 6. The lowest BCUT2D eigenvalue weighted by atomic mass is 10.1. The molecule has 0 fully saturated rings. The van der Waals surface area contributed by atoms with Crippen LogP contribution < -0.4 is 0 Å². The maximum absolute atomic E-state index is 12.8. The van der Waals surface area contributed by atoms with Gasteiger partial charge in [-0.2, -0.15) is 0 Å². The molecular weight excluding hydrogens is 548 g/mol. The Balaban J connectivity index is 1.06. The summed E-state index contributed by atoms with van der Waals surface area (Å²) >= 11 is 0. The van der Waals surface area contributed by atoms with Crippen molar-refractivity contribution in [1.29, 1.82) is 0 Å². The lowest BCUT2D eigenvalue weighted by Crippen LogP contribution is -2.37. The van der Waals surface area contributed by atoms with Crippen LogP contribution in [-0.4, -0.2) is 94.3 Å². The first-order valence-electron chi connectivity index (χ1n) is 14.4. The Kier molecular flexibility index (Phi) is 7.69. The van der Waals surface area contributed by atoms with Crippen LogP contribution in [0.1, 0.15) is 81.4 Å². The average Bonchev–Trinajstić information content (AvgIpc) is 3.53. The van der Waals surface area contributed by atoms with E-state index in [2.05, 4.69) is 4.90 Å². The van der Waals surface area contributed by atoms with Gasteiger partial charge in [0.05, 0.1) is 33.4 Å². The normalized spacial score (nSPS) is 15.7. The minimum absolute atomic E-state index is 0.250. The van der Waals surface area contributed by atoms with Gasteiger partial charge in [-0.05, 0) is 75.3 Å².